The largest absolute Gasteiger partial charge is 0.503 e. The van der Waals surface area contributed by atoms with Crippen LogP contribution in [0, 0.1) is 6.42 Å². The number of hydrogen-bond acceptors (Lipinski definition) is 2. The van der Waals surface area contributed by atoms with Gasteiger partial charge in [0.05, 0.1) is 0 Å². The molecule has 6 heteroatoms. The molecule has 0 rings (SSSR count). The third-order valence-electron chi connectivity index (χ3n) is 0.451. The van der Waals surface area contributed by atoms with Gasteiger partial charge in [-0.15, -0.1) is 0 Å². The Labute approximate surface area is 70.1 Å². The summed E-state index contributed by atoms with van der Waals surface area (Å²) in [4.78, 5) is 19.2. The van der Waals surface area contributed by atoms with E-state index in [1.807, 2.05) is 0 Å². The molecule has 56 valence electrons. The molecule has 0 aliphatic carbocycles. The molecule has 0 saturated carbocycles. The first-order valence-corrected chi connectivity index (χ1v) is 1.91. The van der Waals surface area contributed by atoms with Gasteiger partial charge in [-0.25, -0.2) is 0 Å². The molecule has 4 N–H and O–H groups in total. The molecule has 0 aromatic rings. The van der Waals surface area contributed by atoms with Gasteiger partial charge in [0.25, 0.3) is 5.97 Å². The molecule has 0 amide bonds. The molecule has 5 nitrogen and oxygen atoms in total. The van der Waals surface area contributed by atoms with Crippen LogP contribution < -0.4 is 0 Å². The van der Waals surface area contributed by atoms with E-state index in [1.54, 1.807) is 0 Å². The van der Waals surface area contributed by atoms with Crippen molar-refractivity contribution in [1.82, 2.24) is 0 Å². The van der Waals surface area contributed by atoms with Gasteiger partial charge in [-0.05, 0) is 0 Å². The smallest absolute Gasteiger partial charge is 0.275 e. The fraction of sp³-hybridized carbons (Fsp3) is 0.250. The maximum Gasteiger partial charge on any atom is 0.275 e. The second kappa shape index (κ2) is 8.39. The van der Waals surface area contributed by atoms with Gasteiger partial charge in [-0.1, -0.05) is 6.42 Å². The summed E-state index contributed by atoms with van der Waals surface area (Å²) >= 11 is 0. The van der Waals surface area contributed by atoms with Crippen LogP contribution in [0.15, 0.2) is 0 Å². The van der Waals surface area contributed by atoms with Crippen molar-refractivity contribution in [2.45, 2.75) is 6.42 Å². The summed E-state index contributed by atoms with van der Waals surface area (Å²) in [5.41, 5.74) is 0. The van der Waals surface area contributed by atoms with Gasteiger partial charge >= 0.3 is 0 Å². The van der Waals surface area contributed by atoms with Crippen molar-refractivity contribution in [2.75, 3.05) is 0 Å². The van der Waals surface area contributed by atoms with Crippen LogP contribution in [-0.2, 0) is 29.1 Å². The van der Waals surface area contributed by atoms with Crippen LogP contribution in [0.4, 0.5) is 0 Å². The topological polar surface area (TPSA) is 106 Å². The maximum absolute atomic E-state index is 9.61. The van der Waals surface area contributed by atoms with Crippen molar-refractivity contribution in [3.8, 4) is 0 Å². The average molecular weight is 200 g/mol. The van der Waals surface area contributed by atoms with Crippen LogP contribution in [0.1, 0.15) is 6.42 Å². The molecule has 0 aromatic heterocycles. The molecule has 0 saturated heterocycles. The zero-order valence-corrected chi connectivity index (χ0v) is 8.17. The van der Waals surface area contributed by atoms with Crippen LogP contribution in [0.25, 0.3) is 0 Å². The quantitative estimate of drug-likeness (QED) is 0.446. The van der Waals surface area contributed by atoms with Crippen molar-refractivity contribution in [2.24, 2.45) is 0 Å². The summed E-state index contributed by atoms with van der Waals surface area (Å²) in [5.74, 6) is -2.33. The van der Waals surface area contributed by atoms with Gasteiger partial charge in [0, 0.05) is 19.5 Å². The molecule has 0 heterocycles. The van der Waals surface area contributed by atoms with Gasteiger partial charge < -0.3 is 15.7 Å². The number of aliphatic carboxylic acids is 2. The molecule has 0 spiro atoms. The van der Waals surface area contributed by atoms with Gasteiger partial charge in [0.15, 0.2) is 5.97 Å². The summed E-state index contributed by atoms with van der Waals surface area (Å²) in [6, 6.07) is 0. The van der Waals surface area contributed by atoms with Crippen LogP contribution in [0.2, 0.25) is 0 Å². The Kier molecular flexibility index (Phi) is 13.6. The van der Waals surface area contributed by atoms with E-state index in [0.717, 1.165) is 0 Å². The van der Waals surface area contributed by atoms with Crippen LogP contribution in [-0.4, -0.2) is 27.6 Å². The Bertz CT molecular complexity index is 98.2. The zero-order valence-electron chi connectivity index (χ0n) is 5.20. The number of carboxylic acid groups (broad SMARTS) is 2. The average Bonchev–Trinajstić information content (AvgIpc) is 1.61. The predicted octanol–water partition coefficient (Wildman–Crippen LogP) is -1.08. The number of carboxylic acids is 2. The van der Waals surface area contributed by atoms with E-state index in [9.17, 15) is 9.59 Å². The molecule has 0 radical (unpaired) electrons. The maximum atomic E-state index is 9.61. The first-order chi connectivity index (χ1) is 3.63. The second-order valence-electron chi connectivity index (χ2n) is 1.14. The Hall–Kier alpha value is -0.607. The molecule has 0 atom stereocenters. The Morgan fingerprint density at radius 1 is 1.30 bits per heavy atom. The fourth-order valence-electron chi connectivity index (χ4n) is 0.175. The van der Waals surface area contributed by atoms with E-state index in [4.69, 9.17) is 10.2 Å². The fourth-order valence-corrected chi connectivity index (χ4v) is 0.175. The Morgan fingerprint density at radius 3 is 1.80 bits per heavy atom. The van der Waals surface area contributed by atoms with E-state index >= 15 is 0 Å². The molecule has 0 aromatic carbocycles. The summed E-state index contributed by atoms with van der Waals surface area (Å²) in [6.45, 7) is 0. The number of carbonyl (C=O) groups is 2. The van der Waals surface area contributed by atoms with E-state index in [1.165, 1.54) is 0 Å². The first kappa shape index (κ1) is 16.2. The van der Waals surface area contributed by atoms with Crippen molar-refractivity contribution in [3.63, 3.8) is 0 Å². The van der Waals surface area contributed by atoms with Gasteiger partial charge in [-0.2, -0.15) is 0 Å². The standard InChI is InChI=1S/C4H5O4.H2O.Zn/c5-3(6)1-2-4(7)8;;/h1H,2H2,(H,5,6)(H,7,8);1H2;/q-1;;. The van der Waals surface area contributed by atoms with Crippen molar-refractivity contribution in [1.29, 1.82) is 0 Å². The monoisotopic (exact) mass is 199 g/mol. The van der Waals surface area contributed by atoms with E-state index in [2.05, 4.69) is 0 Å². The van der Waals surface area contributed by atoms with E-state index < -0.39 is 18.4 Å². The second-order valence-corrected chi connectivity index (χ2v) is 1.14. The molecule has 0 aliphatic rings. The van der Waals surface area contributed by atoms with Crippen molar-refractivity contribution in [3.05, 3.63) is 6.42 Å². The van der Waals surface area contributed by atoms with Crippen LogP contribution in [0.5, 0.6) is 0 Å². The van der Waals surface area contributed by atoms with Crippen molar-refractivity contribution < 1.29 is 44.8 Å². The Morgan fingerprint density at radius 2 is 1.70 bits per heavy atom. The van der Waals surface area contributed by atoms with Crippen LogP contribution >= 0.6 is 0 Å². The summed E-state index contributed by atoms with van der Waals surface area (Å²) in [7, 11) is 0. The third kappa shape index (κ3) is 15.7. The molecule has 0 unspecified atom stereocenters. The summed E-state index contributed by atoms with van der Waals surface area (Å²) < 4.78 is 0. The van der Waals surface area contributed by atoms with E-state index in [-0.39, 0.29) is 25.0 Å². The van der Waals surface area contributed by atoms with E-state index in [0.29, 0.717) is 6.42 Å². The number of rotatable bonds is 3. The molecule has 0 aliphatic heterocycles. The predicted molar refractivity (Wildman–Crippen MR) is 27.8 cm³/mol. The van der Waals surface area contributed by atoms with Gasteiger partial charge in [0.2, 0.25) is 0 Å². The SMILES string of the molecule is O.O=C(O)[CH-]CC(=O)O.[Zn]. The minimum atomic E-state index is -1.20. The molecule has 10 heavy (non-hydrogen) atoms. The minimum absolute atomic E-state index is 0. The summed E-state index contributed by atoms with van der Waals surface area (Å²) in [5, 5.41) is 15.7. The molecule has 0 fully saturated rings. The third-order valence-corrected chi connectivity index (χ3v) is 0.451. The van der Waals surface area contributed by atoms with Crippen LogP contribution in [0.3, 0.4) is 0 Å². The Balaban J connectivity index is -0.000000245. The first-order valence-electron chi connectivity index (χ1n) is 1.91. The zero-order chi connectivity index (χ0) is 6.57. The molecular formula is C4H7O5Zn-. The minimum Gasteiger partial charge on any atom is -0.503 e. The summed E-state index contributed by atoms with van der Waals surface area (Å²) in [6.07, 6.45) is 0.262. The van der Waals surface area contributed by atoms with Gasteiger partial charge in [-0.3, -0.25) is 16.0 Å². The molecule has 0 bridgehead atoms. The number of hydrogen-bond donors (Lipinski definition) is 2. The molecular weight excluding hydrogens is 193 g/mol. The van der Waals surface area contributed by atoms with Crippen molar-refractivity contribution >= 4 is 11.9 Å². The van der Waals surface area contributed by atoms with Gasteiger partial charge in [0.1, 0.15) is 0 Å². The normalized spacial score (nSPS) is 6.40.